The molecule has 0 aliphatic rings. The molecule has 1 heterocycles. The highest BCUT2D eigenvalue weighted by Gasteiger charge is 2.17. The molecule has 0 unspecified atom stereocenters. The molecular formula is C44H32N2. The SMILES string of the molecule is C(=C\c1ccc(N(c2ccccc2)c2ccc3c(c2)c2ccccc2n3-c2ccc(-c3ccccc3)cc2)cc1)/c1ccccc1. The van der Waals surface area contributed by atoms with Crippen LogP contribution in [0.4, 0.5) is 17.1 Å². The monoisotopic (exact) mass is 588 g/mol. The zero-order valence-corrected chi connectivity index (χ0v) is 25.4. The number of fused-ring (bicyclic) bond motifs is 3. The van der Waals surface area contributed by atoms with E-state index in [1.54, 1.807) is 0 Å². The van der Waals surface area contributed by atoms with Gasteiger partial charge in [-0.25, -0.2) is 0 Å². The Kier molecular flexibility index (Phi) is 7.22. The van der Waals surface area contributed by atoms with Crippen molar-refractivity contribution in [3.63, 3.8) is 0 Å². The van der Waals surface area contributed by atoms with Crippen molar-refractivity contribution in [3.8, 4) is 16.8 Å². The first-order valence-electron chi connectivity index (χ1n) is 15.7. The van der Waals surface area contributed by atoms with Crippen LogP contribution in [0.3, 0.4) is 0 Å². The molecule has 2 nitrogen and oxygen atoms in total. The second-order valence-corrected chi connectivity index (χ2v) is 11.5. The van der Waals surface area contributed by atoms with E-state index >= 15 is 0 Å². The summed E-state index contributed by atoms with van der Waals surface area (Å²) in [5.74, 6) is 0. The summed E-state index contributed by atoms with van der Waals surface area (Å²) in [6.07, 6.45) is 4.32. The number of rotatable bonds is 7. The van der Waals surface area contributed by atoms with Crippen molar-refractivity contribution in [3.05, 3.63) is 193 Å². The molecule has 7 aromatic carbocycles. The lowest BCUT2D eigenvalue weighted by Gasteiger charge is -2.25. The van der Waals surface area contributed by atoms with E-state index in [1.165, 1.54) is 38.5 Å². The van der Waals surface area contributed by atoms with Gasteiger partial charge in [0.25, 0.3) is 0 Å². The van der Waals surface area contributed by atoms with Gasteiger partial charge in [0.1, 0.15) is 0 Å². The Bertz CT molecular complexity index is 2260. The lowest BCUT2D eigenvalue weighted by Crippen LogP contribution is -2.09. The highest BCUT2D eigenvalue weighted by atomic mass is 15.1. The summed E-state index contributed by atoms with van der Waals surface area (Å²) < 4.78 is 2.38. The predicted molar refractivity (Wildman–Crippen MR) is 196 cm³/mol. The van der Waals surface area contributed by atoms with E-state index in [9.17, 15) is 0 Å². The minimum atomic E-state index is 1.11. The third-order valence-electron chi connectivity index (χ3n) is 8.58. The van der Waals surface area contributed by atoms with E-state index in [1.807, 2.05) is 6.07 Å². The molecule has 0 spiro atoms. The summed E-state index contributed by atoms with van der Waals surface area (Å²) in [7, 11) is 0. The van der Waals surface area contributed by atoms with Gasteiger partial charge in [0.2, 0.25) is 0 Å². The predicted octanol–water partition coefficient (Wildman–Crippen LogP) is 12.1. The van der Waals surface area contributed by atoms with E-state index in [0.717, 1.165) is 28.3 Å². The van der Waals surface area contributed by atoms with Crippen molar-refractivity contribution in [2.75, 3.05) is 4.90 Å². The second kappa shape index (κ2) is 12.1. The van der Waals surface area contributed by atoms with Crippen molar-refractivity contribution >= 4 is 51.0 Å². The van der Waals surface area contributed by atoms with Crippen LogP contribution in [0.1, 0.15) is 11.1 Å². The first-order chi connectivity index (χ1) is 22.8. The molecule has 46 heavy (non-hydrogen) atoms. The van der Waals surface area contributed by atoms with Crippen LogP contribution < -0.4 is 4.90 Å². The van der Waals surface area contributed by atoms with Crippen molar-refractivity contribution in [2.45, 2.75) is 0 Å². The lowest BCUT2D eigenvalue weighted by molar-refractivity contribution is 1.18. The summed E-state index contributed by atoms with van der Waals surface area (Å²) in [5, 5.41) is 2.46. The fraction of sp³-hybridized carbons (Fsp3) is 0. The number of anilines is 3. The first-order valence-corrected chi connectivity index (χ1v) is 15.7. The van der Waals surface area contributed by atoms with Crippen LogP contribution in [0.15, 0.2) is 182 Å². The highest BCUT2D eigenvalue weighted by Crippen LogP contribution is 2.39. The van der Waals surface area contributed by atoms with E-state index in [-0.39, 0.29) is 0 Å². The Morgan fingerprint density at radius 1 is 0.370 bits per heavy atom. The van der Waals surface area contributed by atoms with Gasteiger partial charge in [0, 0.05) is 33.5 Å². The molecule has 218 valence electrons. The Morgan fingerprint density at radius 3 is 1.61 bits per heavy atom. The molecule has 0 atom stereocenters. The molecule has 0 saturated heterocycles. The van der Waals surface area contributed by atoms with Crippen molar-refractivity contribution in [2.24, 2.45) is 0 Å². The standard InChI is InChI=1S/C44H32N2/c1-4-12-33(13-5-1)20-21-34-22-26-38(27-23-34)45(37-16-8-3-9-17-37)40-30-31-44-42(32-40)41-18-10-11-19-43(41)46(44)39-28-24-36(25-29-39)35-14-6-2-7-15-35/h1-32H/b21-20+. The van der Waals surface area contributed by atoms with Gasteiger partial charge in [0.15, 0.2) is 0 Å². The minimum Gasteiger partial charge on any atom is -0.310 e. The molecular weight excluding hydrogens is 556 g/mol. The topological polar surface area (TPSA) is 8.17 Å². The lowest BCUT2D eigenvalue weighted by atomic mass is 10.1. The van der Waals surface area contributed by atoms with Crippen LogP contribution in [0, 0.1) is 0 Å². The smallest absolute Gasteiger partial charge is 0.0542 e. The normalized spacial score (nSPS) is 11.4. The van der Waals surface area contributed by atoms with E-state index < -0.39 is 0 Å². The number of hydrogen-bond donors (Lipinski definition) is 0. The minimum absolute atomic E-state index is 1.11. The maximum atomic E-state index is 2.38. The van der Waals surface area contributed by atoms with Gasteiger partial charge in [-0.15, -0.1) is 0 Å². The van der Waals surface area contributed by atoms with Crippen molar-refractivity contribution in [1.82, 2.24) is 4.57 Å². The van der Waals surface area contributed by atoms with Crippen LogP contribution >= 0.6 is 0 Å². The number of nitrogens with zero attached hydrogens (tertiary/aromatic N) is 2. The summed E-state index contributed by atoms with van der Waals surface area (Å²) in [6, 6.07) is 64.8. The average Bonchev–Trinajstić information content (AvgIpc) is 3.46. The molecule has 0 bridgehead atoms. The second-order valence-electron chi connectivity index (χ2n) is 11.5. The first kappa shape index (κ1) is 27.4. The van der Waals surface area contributed by atoms with Gasteiger partial charge in [-0.05, 0) is 82.9 Å². The zero-order valence-electron chi connectivity index (χ0n) is 25.4. The van der Waals surface area contributed by atoms with Gasteiger partial charge >= 0.3 is 0 Å². The number of para-hydroxylation sites is 2. The molecule has 8 rings (SSSR count). The maximum Gasteiger partial charge on any atom is 0.0542 e. The molecule has 0 fully saturated rings. The van der Waals surface area contributed by atoms with Crippen LogP contribution in [0.5, 0.6) is 0 Å². The molecule has 0 aliphatic heterocycles. The number of benzene rings is 7. The van der Waals surface area contributed by atoms with Crippen molar-refractivity contribution < 1.29 is 0 Å². The third-order valence-corrected chi connectivity index (χ3v) is 8.58. The largest absolute Gasteiger partial charge is 0.310 e. The van der Waals surface area contributed by atoms with Crippen LogP contribution in [0.25, 0.3) is 50.8 Å². The summed E-state index contributed by atoms with van der Waals surface area (Å²) in [4.78, 5) is 2.34. The summed E-state index contributed by atoms with van der Waals surface area (Å²) in [6.45, 7) is 0. The Morgan fingerprint density at radius 2 is 0.891 bits per heavy atom. The Labute approximate surface area is 269 Å². The summed E-state index contributed by atoms with van der Waals surface area (Å²) >= 11 is 0. The van der Waals surface area contributed by atoms with Gasteiger partial charge in [-0.2, -0.15) is 0 Å². The van der Waals surface area contributed by atoms with E-state index in [0.29, 0.717) is 0 Å². The highest BCUT2D eigenvalue weighted by molar-refractivity contribution is 6.10. The van der Waals surface area contributed by atoms with Gasteiger partial charge in [0.05, 0.1) is 11.0 Å². The number of hydrogen-bond acceptors (Lipinski definition) is 1. The maximum absolute atomic E-state index is 2.38. The molecule has 0 N–H and O–H groups in total. The average molecular weight is 589 g/mol. The molecule has 0 saturated carbocycles. The fourth-order valence-electron chi connectivity index (χ4n) is 6.33. The molecule has 8 aromatic rings. The zero-order chi connectivity index (χ0) is 30.7. The molecule has 0 radical (unpaired) electrons. The molecule has 0 aliphatic carbocycles. The van der Waals surface area contributed by atoms with Gasteiger partial charge in [-0.1, -0.05) is 133 Å². The molecule has 1 aromatic heterocycles. The Balaban J connectivity index is 1.21. The quantitative estimate of drug-likeness (QED) is 0.168. The fourth-order valence-corrected chi connectivity index (χ4v) is 6.33. The van der Waals surface area contributed by atoms with Crippen LogP contribution in [0.2, 0.25) is 0 Å². The van der Waals surface area contributed by atoms with Crippen LogP contribution in [-0.2, 0) is 0 Å². The molecule has 0 amide bonds. The number of aromatic nitrogens is 1. The Hall–Kier alpha value is -6.12. The van der Waals surface area contributed by atoms with E-state index in [2.05, 4.69) is 198 Å². The third kappa shape index (κ3) is 5.27. The van der Waals surface area contributed by atoms with Crippen molar-refractivity contribution in [1.29, 1.82) is 0 Å². The van der Waals surface area contributed by atoms with Gasteiger partial charge < -0.3 is 9.47 Å². The molecule has 2 heteroatoms. The van der Waals surface area contributed by atoms with Crippen LogP contribution in [-0.4, -0.2) is 4.57 Å². The van der Waals surface area contributed by atoms with E-state index in [4.69, 9.17) is 0 Å². The van der Waals surface area contributed by atoms with Gasteiger partial charge in [-0.3, -0.25) is 0 Å². The summed E-state index contributed by atoms with van der Waals surface area (Å²) in [5.41, 5.74) is 11.7.